The molecule has 1 N–H and O–H groups in total. The van der Waals surface area contributed by atoms with Crippen LogP contribution in [0.4, 0.5) is 0 Å². The molecule has 2 saturated heterocycles. The van der Waals surface area contributed by atoms with Gasteiger partial charge in [-0.15, -0.1) is 0 Å². The number of hydrogen-bond acceptors (Lipinski definition) is 4. The molecule has 0 spiro atoms. The first-order valence-corrected chi connectivity index (χ1v) is 11.1. The summed E-state index contributed by atoms with van der Waals surface area (Å²) < 4.78 is 26.5. The standard InChI is InChI=1S/C19H27N3O4S/c23-18(19(24)21-12-2-1-3-13-21)20-11-10-16-6-8-17(9-7-16)27(25,26)22-14-4-5-15-22/h6-9H,1-5,10-15H2,(H,20,23). The van der Waals surface area contributed by atoms with Crippen LogP contribution in [0.3, 0.4) is 0 Å². The summed E-state index contributed by atoms with van der Waals surface area (Å²) in [6, 6.07) is 6.76. The maximum absolute atomic E-state index is 12.5. The lowest BCUT2D eigenvalue weighted by molar-refractivity contribution is -0.146. The van der Waals surface area contributed by atoms with Gasteiger partial charge in [-0.3, -0.25) is 9.59 Å². The molecule has 27 heavy (non-hydrogen) atoms. The number of amides is 2. The van der Waals surface area contributed by atoms with Gasteiger partial charge in [0.1, 0.15) is 0 Å². The monoisotopic (exact) mass is 393 g/mol. The summed E-state index contributed by atoms with van der Waals surface area (Å²) in [5.41, 5.74) is 0.918. The topological polar surface area (TPSA) is 86.8 Å². The van der Waals surface area contributed by atoms with Crippen molar-refractivity contribution in [3.63, 3.8) is 0 Å². The molecular weight excluding hydrogens is 366 g/mol. The van der Waals surface area contributed by atoms with Gasteiger partial charge >= 0.3 is 11.8 Å². The largest absolute Gasteiger partial charge is 0.347 e. The van der Waals surface area contributed by atoms with Gasteiger partial charge in [0.15, 0.2) is 0 Å². The maximum atomic E-state index is 12.5. The molecule has 2 amide bonds. The molecular formula is C19H27N3O4S. The Morgan fingerprint density at radius 2 is 1.48 bits per heavy atom. The third-order valence-electron chi connectivity index (χ3n) is 5.16. The first-order valence-electron chi connectivity index (χ1n) is 9.65. The number of rotatable bonds is 5. The van der Waals surface area contributed by atoms with E-state index in [0.717, 1.165) is 37.7 Å². The zero-order chi connectivity index (χ0) is 19.3. The van der Waals surface area contributed by atoms with Crippen molar-refractivity contribution in [1.82, 2.24) is 14.5 Å². The van der Waals surface area contributed by atoms with E-state index in [1.54, 1.807) is 29.2 Å². The number of nitrogens with zero attached hydrogens (tertiary/aromatic N) is 2. The molecule has 0 unspecified atom stereocenters. The van der Waals surface area contributed by atoms with E-state index in [-0.39, 0.29) is 0 Å². The van der Waals surface area contributed by atoms with E-state index in [2.05, 4.69) is 5.32 Å². The third kappa shape index (κ3) is 4.87. The number of piperidine rings is 1. The van der Waals surface area contributed by atoms with Gasteiger partial charge in [-0.1, -0.05) is 12.1 Å². The van der Waals surface area contributed by atoms with Crippen LogP contribution >= 0.6 is 0 Å². The molecule has 0 bridgehead atoms. The van der Waals surface area contributed by atoms with Crippen LogP contribution in [-0.4, -0.2) is 62.2 Å². The fourth-order valence-electron chi connectivity index (χ4n) is 3.54. The summed E-state index contributed by atoms with van der Waals surface area (Å²) in [4.78, 5) is 26.0. The van der Waals surface area contributed by atoms with Gasteiger partial charge < -0.3 is 10.2 Å². The lowest BCUT2D eigenvalue weighted by Crippen LogP contribution is -2.45. The average Bonchev–Trinajstić information content (AvgIpc) is 3.24. The first-order chi connectivity index (χ1) is 13.0. The molecule has 0 aliphatic carbocycles. The van der Waals surface area contributed by atoms with Gasteiger partial charge in [0.05, 0.1) is 4.90 Å². The van der Waals surface area contributed by atoms with Gasteiger partial charge in [0, 0.05) is 32.7 Å². The fraction of sp³-hybridized carbons (Fsp3) is 0.579. The van der Waals surface area contributed by atoms with Crippen molar-refractivity contribution in [2.24, 2.45) is 0 Å². The lowest BCUT2D eigenvalue weighted by atomic mass is 10.1. The predicted molar refractivity (Wildman–Crippen MR) is 102 cm³/mol. The first kappa shape index (κ1) is 19.8. The van der Waals surface area contributed by atoms with Crippen LogP contribution in [0, 0.1) is 0 Å². The van der Waals surface area contributed by atoms with Crippen LogP contribution in [0.15, 0.2) is 29.2 Å². The third-order valence-corrected chi connectivity index (χ3v) is 7.08. The summed E-state index contributed by atoms with van der Waals surface area (Å²) in [6.45, 7) is 2.82. The quantitative estimate of drug-likeness (QED) is 0.760. The number of carbonyl (C=O) groups excluding carboxylic acids is 2. The molecule has 1 aromatic rings. The summed E-state index contributed by atoms with van der Waals surface area (Å²) in [5.74, 6) is -1.02. The van der Waals surface area contributed by atoms with E-state index in [0.29, 0.717) is 44.0 Å². The summed E-state index contributed by atoms with van der Waals surface area (Å²) >= 11 is 0. The van der Waals surface area contributed by atoms with Crippen LogP contribution in [0.25, 0.3) is 0 Å². The van der Waals surface area contributed by atoms with E-state index in [1.165, 1.54) is 4.31 Å². The molecule has 3 rings (SSSR count). The van der Waals surface area contributed by atoms with Crippen LogP contribution in [0.2, 0.25) is 0 Å². The number of carbonyl (C=O) groups is 2. The number of sulfonamides is 1. The number of benzene rings is 1. The Bertz CT molecular complexity index is 765. The Morgan fingerprint density at radius 1 is 0.889 bits per heavy atom. The van der Waals surface area contributed by atoms with E-state index in [9.17, 15) is 18.0 Å². The highest BCUT2D eigenvalue weighted by molar-refractivity contribution is 7.89. The van der Waals surface area contributed by atoms with Crippen LogP contribution < -0.4 is 5.32 Å². The Balaban J connectivity index is 1.48. The highest BCUT2D eigenvalue weighted by Gasteiger charge is 2.27. The molecule has 2 fully saturated rings. The summed E-state index contributed by atoms with van der Waals surface area (Å²) in [7, 11) is -3.40. The molecule has 0 aromatic heterocycles. The van der Waals surface area contributed by atoms with E-state index >= 15 is 0 Å². The molecule has 2 aliphatic heterocycles. The van der Waals surface area contributed by atoms with Crippen molar-refractivity contribution in [1.29, 1.82) is 0 Å². The Labute approximate surface area is 160 Å². The second-order valence-corrected chi connectivity index (χ2v) is 9.05. The molecule has 148 valence electrons. The SMILES string of the molecule is O=C(NCCc1ccc(S(=O)(=O)N2CCCC2)cc1)C(=O)N1CCCCC1. The molecule has 7 nitrogen and oxygen atoms in total. The van der Waals surface area contributed by atoms with E-state index < -0.39 is 21.8 Å². The van der Waals surface area contributed by atoms with Gasteiger partial charge in [0.25, 0.3) is 0 Å². The van der Waals surface area contributed by atoms with Gasteiger partial charge in [-0.05, 0) is 56.2 Å². The van der Waals surface area contributed by atoms with Crippen molar-refractivity contribution in [3.05, 3.63) is 29.8 Å². The van der Waals surface area contributed by atoms with Crippen LogP contribution in [0.1, 0.15) is 37.7 Å². The second kappa shape index (κ2) is 8.84. The van der Waals surface area contributed by atoms with Crippen LogP contribution in [-0.2, 0) is 26.0 Å². The average molecular weight is 394 g/mol. The van der Waals surface area contributed by atoms with Crippen molar-refractivity contribution < 1.29 is 18.0 Å². The van der Waals surface area contributed by atoms with Crippen molar-refractivity contribution >= 4 is 21.8 Å². The van der Waals surface area contributed by atoms with Gasteiger partial charge in [-0.25, -0.2) is 8.42 Å². The lowest BCUT2D eigenvalue weighted by Gasteiger charge is -2.25. The van der Waals surface area contributed by atoms with Gasteiger partial charge in [-0.2, -0.15) is 4.31 Å². The highest BCUT2D eigenvalue weighted by atomic mass is 32.2. The van der Waals surface area contributed by atoms with Crippen LogP contribution in [0.5, 0.6) is 0 Å². The minimum absolute atomic E-state index is 0.303. The van der Waals surface area contributed by atoms with Crippen molar-refractivity contribution in [2.45, 2.75) is 43.4 Å². The summed E-state index contributed by atoms with van der Waals surface area (Å²) in [5, 5.41) is 2.66. The summed E-state index contributed by atoms with van der Waals surface area (Å²) in [6.07, 6.45) is 5.37. The molecule has 0 saturated carbocycles. The van der Waals surface area contributed by atoms with Crippen molar-refractivity contribution in [2.75, 3.05) is 32.7 Å². The Morgan fingerprint density at radius 3 is 2.11 bits per heavy atom. The molecule has 0 radical (unpaired) electrons. The fourth-order valence-corrected chi connectivity index (χ4v) is 5.06. The number of nitrogens with one attached hydrogen (secondary N) is 1. The molecule has 1 aromatic carbocycles. The Hall–Kier alpha value is -1.93. The van der Waals surface area contributed by atoms with E-state index in [1.807, 2.05) is 0 Å². The molecule has 8 heteroatoms. The smallest absolute Gasteiger partial charge is 0.311 e. The Kier molecular flexibility index (Phi) is 6.49. The predicted octanol–water partition coefficient (Wildman–Crippen LogP) is 1.14. The highest BCUT2D eigenvalue weighted by Crippen LogP contribution is 2.21. The molecule has 0 atom stereocenters. The molecule has 2 heterocycles. The number of likely N-dealkylation sites (tertiary alicyclic amines) is 1. The zero-order valence-electron chi connectivity index (χ0n) is 15.5. The molecule has 2 aliphatic rings. The maximum Gasteiger partial charge on any atom is 0.311 e. The minimum Gasteiger partial charge on any atom is -0.347 e. The number of hydrogen-bond donors (Lipinski definition) is 1. The minimum atomic E-state index is -3.40. The van der Waals surface area contributed by atoms with Gasteiger partial charge in [0.2, 0.25) is 10.0 Å². The second-order valence-electron chi connectivity index (χ2n) is 7.11. The zero-order valence-corrected chi connectivity index (χ0v) is 16.3. The van der Waals surface area contributed by atoms with Crippen molar-refractivity contribution in [3.8, 4) is 0 Å². The van der Waals surface area contributed by atoms with E-state index in [4.69, 9.17) is 0 Å². The normalized spacial score (nSPS) is 18.4.